The van der Waals surface area contributed by atoms with Gasteiger partial charge in [0.25, 0.3) is 5.91 Å². The van der Waals surface area contributed by atoms with Crippen molar-refractivity contribution in [3.63, 3.8) is 0 Å². The van der Waals surface area contributed by atoms with Crippen molar-refractivity contribution >= 4 is 44.6 Å². The average Bonchev–Trinajstić information content (AvgIpc) is 3.00. The first-order valence-electron chi connectivity index (χ1n) is 8.20. The van der Waals surface area contributed by atoms with Gasteiger partial charge in [-0.05, 0) is 49.7 Å². The van der Waals surface area contributed by atoms with Crippen molar-refractivity contribution in [2.24, 2.45) is 10.2 Å². The molecule has 2 heterocycles. The highest BCUT2D eigenvalue weighted by Crippen LogP contribution is 2.40. The fraction of sp³-hybridized carbons (Fsp3) is 0.211. The van der Waals surface area contributed by atoms with Gasteiger partial charge in [0.15, 0.2) is 5.78 Å². The quantitative estimate of drug-likeness (QED) is 0.508. The maximum atomic E-state index is 12.8. The minimum Gasteiger partial charge on any atom is -0.392 e. The molecule has 0 bridgehead atoms. The largest absolute Gasteiger partial charge is 0.392 e. The number of carbonyl (C=O) groups excluding carboxylic acids is 2. The van der Waals surface area contributed by atoms with E-state index < -0.39 is 0 Å². The fourth-order valence-electron chi connectivity index (χ4n) is 2.75. The zero-order valence-electron chi connectivity index (χ0n) is 15.1. The van der Waals surface area contributed by atoms with E-state index in [1.165, 1.54) is 25.3 Å². The molecule has 0 saturated carbocycles. The molecule has 0 saturated heterocycles. The van der Waals surface area contributed by atoms with E-state index in [1.54, 1.807) is 30.3 Å². The normalized spacial score (nSPS) is 11.3. The maximum Gasteiger partial charge on any atom is 0.268 e. The number of carbonyl (C=O) groups is 2. The monoisotopic (exact) mass is 382 g/mol. The Balaban J connectivity index is 2.03. The topological polar surface area (TPSA) is 104 Å². The van der Waals surface area contributed by atoms with Gasteiger partial charge >= 0.3 is 0 Å². The Morgan fingerprint density at radius 2 is 1.96 bits per heavy atom. The molecule has 0 aliphatic carbocycles. The summed E-state index contributed by atoms with van der Waals surface area (Å²) in [6, 6.07) is 8.43. The molecule has 3 rings (SSSR count). The highest BCUT2D eigenvalue weighted by Gasteiger charge is 2.22. The van der Waals surface area contributed by atoms with E-state index in [4.69, 9.17) is 0 Å². The first-order chi connectivity index (χ1) is 12.9. The lowest BCUT2D eigenvalue weighted by atomic mass is 10.1. The smallest absolute Gasteiger partial charge is 0.268 e. The molecule has 3 aromatic rings. The number of azo groups is 1. The summed E-state index contributed by atoms with van der Waals surface area (Å²) < 4.78 is 0. The van der Waals surface area contributed by atoms with Crippen molar-refractivity contribution in [1.29, 1.82) is 0 Å². The molecule has 2 aromatic heterocycles. The van der Waals surface area contributed by atoms with Crippen molar-refractivity contribution < 1.29 is 14.7 Å². The van der Waals surface area contributed by atoms with E-state index in [9.17, 15) is 14.7 Å². The first-order valence-corrected chi connectivity index (χ1v) is 9.02. The average molecular weight is 382 g/mol. The summed E-state index contributed by atoms with van der Waals surface area (Å²) in [6.45, 7) is 3.13. The number of fused-ring (bicyclic) bond motifs is 1. The Labute approximate surface area is 159 Å². The summed E-state index contributed by atoms with van der Waals surface area (Å²) in [5.74, 6) is -0.390. The van der Waals surface area contributed by atoms with Crippen molar-refractivity contribution in [3.05, 3.63) is 52.0 Å². The number of aliphatic hydroxyl groups is 1. The predicted octanol–water partition coefficient (Wildman–Crippen LogP) is 4.27. The molecule has 2 N–H and O–H groups in total. The number of benzene rings is 1. The minimum absolute atomic E-state index is 0.0407. The van der Waals surface area contributed by atoms with Gasteiger partial charge < -0.3 is 10.4 Å². The highest BCUT2D eigenvalue weighted by atomic mass is 32.1. The molecule has 0 unspecified atom stereocenters. The van der Waals surface area contributed by atoms with Crippen LogP contribution in [0.2, 0.25) is 0 Å². The predicted molar refractivity (Wildman–Crippen MR) is 105 cm³/mol. The fourth-order valence-corrected chi connectivity index (χ4v) is 3.84. The number of aryl methyl sites for hydroxylation is 1. The number of aromatic nitrogens is 1. The molecule has 0 atom stereocenters. The Kier molecular flexibility index (Phi) is 5.38. The van der Waals surface area contributed by atoms with E-state index in [0.717, 1.165) is 5.69 Å². The number of Topliss-reactive ketones (excluding diaryl/α,β-unsaturated/α-hetero) is 1. The van der Waals surface area contributed by atoms with Gasteiger partial charge in [0.2, 0.25) is 0 Å². The van der Waals surface area contributed by atoms with Crippen LogP contribution in [0.1, 0.15) is 38.2 Å². The third kappa shape index (κ3) is 3.76. The minimum atomic E-state index is -0.350. The lowest BCUT2D eigenvalue weighted by Crippen LogP contribution is -2.10. The van der Waals surface area contributed by atoms with Crippen molar-refractivity contribution in [1.82, 2.24) is 4.98 Å². The zero-order chi connectivity index (χ0) is 19.6. The molecule has 0 spiro atoms. The number of ketones is 1. The standard InChI is InChI=1S/C19H18N4O3S/c1-10-8-13(9-24)15-16(23-20-3)17(27-19(15)21-10)18(26)22-14-6-4-12(5-7-14)11(2)25/h4-8,24H,9H2,1-3H3,(H,22,26). The maximum absolute atomic E-state index is 12.8. The Morgan fingerprint density at radius 3 is 2.56 bits per heavy atom. The molecule has 138 valence electrons. The Morgan fingerprint density at radius 1 is 1.26 bits per heavy atom. The lowest BCUT2D eigenvalue weighted by molar-refractivity contribution is 0.101. The number of thiophene rings is 1. The van der Waals surface area contributed by atoms with Gasteiger partial charge in [0.1, 0.15) is 15.4 Å². The van der Waals surface area contributed by atoms with Crippen LogP contribution in [0.25, 0.3) is 10.2 Å². The first kappa shape index (κ1) is 18.8. The number of hydrogen-bond acceptors (Lipinski definition) is 7. The third-order valence-corrected chi connectivity index (χ3v) is 5.04. The summed E-state index contributed by atoms with van der Waals surface area (Å²) >= 11 is 1.20. The van der Waals surface area contributed by atoms with Crippen LogP contribution in [0.5, 0.6) is 0 Å². The second-order valence-electron chi connectivity index (χ2n) is 5.93. The number of pyridine rings is 1. The number of amides is 1. The van der Waals surface area contributed by atoms with Gasteiger partial charge in [-0.2, -0.15) is 10.2 Å². The van der Waals surface area contributed by atoms with E-state index in [0.29, 0.717) is 37.6 Å². The molecule has 1 aromatic carbocycles. The van der Waals surface area contributed by atoms with Crippen LogP contribution in [-0.2, 0) is 6.61 Å². The van der Waals surface area contributed by atoms with Gasteiger partial charge in [0, 0.05) is 29.4 Å². The van der Waals surface area contributed by atoms with E-state index in [2.05, 4.69) is 20.5 Å². The second-order valence-corrected chi connectivity index (χ2v) is 6.93. The molecule has 0 aliphatic rings. The molecule has 0 fully saturated rings. The van der Waals surface area contributed by atoms with Gasteiger partial charge in [-0.25, -0.2) is 4.98 Å². The Hall–Kier alpha value is -2.97. The van der Waals surface area contributed by atoms with Crippen molar-refractivity contribution in [2.75, 3.05) is 12.4 Å². The van der Waals surface area contributed by atoms with Crippen LogP contribution in [0.4, 0.5) is 11.4 Å². The molecule has 7 nitrogen and oxygen atoms in total. The van der Waals surface area contributed by atoms with Crippen LogP contribution >= 0.6 is 11.3 Å². The highest BCUT2D eigenvalue weighted by molar-refractivity contribution is 7.21. The summed E-state index contributed by atoms with van der Waals surface area (Å²) in [6.07, 6.45) is 0. The van der Waals surface area contributed by atoms with E-state index >= 15 is 0 Å². The van der Waals surface area contributed by atoms with E-state index in [1.807, 2.05) is 6.92 Å². The van der Waals surface area contributed by atoms with Crippen LogP contribution in [0.3, 0.4) is 0 Å². The van der Waals surface area contributed by atoms with Gasteiger partial charge in [-0.1, -0.05) is 0 Å². The molecule has 8 heteroatoms. The number of aliphatic hydroxyl groups excluding tert-OH is 1. The van der Waals surface area contributed by atoms with Gasteiger partial charge in [0.05, 0.1) is 6.61 Å². The Bertz CT molecular complexity index is 1050. The molecule has 0 aliphatic heterocycles. The van der Waals surface area contributed by atoms with Crippen LogP contribution in [0, 0.1) is 6.92 Å². The molecule has 27 heavy (non-hydrogen) atoms. The zero-order valence-corrected chi connectivity index (χ0v) is 15.9. The number of nitrogens with zero attached hydrogens (tertiary/aromatic N) is 3. The number of rotatable bonds is 5. The third-order valence-electron chi connectivity index (χ3n) is 3.97. The van der Waals surface area contributed by atoms with Crippen LogP contribution < -0.4 is 5.32 Å². The van der Waals surface area contributed by atoms with E-state index in [-0.39, 0.29) is 18.3 Å². The van der Waals surface area contributed by atoms with Crippen molar-refractivity contribution in [2.45, 2.75) is 20.5 Å². The van der Waals surface area contributed by atoms with Gasteiger partial charge in [-0.3, -0.25) is 9.59 Å². The lowest BCUT2D eigenvalue weighted by Gasteiger charge is -2.05. The number of nitrogens with one attached hydrogen (secondary N) is 1. The van der Waals surface area contributed by atoms with Gasteiger partial charge in [-0.15, -0.1) is 11.3 Å². The summed E-state index contributed by atoms with van der Waals surface area (Å²) in [4.78, 5) is 29.6. The van der Waals surface area contributed by atoms with Crippen molar-refractivity contribution in [3.8, 4) is 0 Å². The summed E-state index contributed by atoms with van der Waals surface area (Å²) in [5.41, 5.74) is 2.93. The molecule has 0 radical (unpaired) electrons. The number of hydrogen-bond donors (Lipinski definition) is 2. The number of anilines is 1. The second kappa shape index (κ2) is 7.73. The molecule has 1 amide bonds. The summed E-state index contributed by atoms with van der Waals surface area (Å²) in [7, 11) is 1.52. The van der Waals surface area contributed by atoms with Crippen LogP contribution in [-0.4, -0.2) is 28.8 Å². The van der Waals surface area contributed by atoms with Crippen LogP contribution in [0.15, 0.2) is 40.6 Å². The summed E-state index contributed by atoms with van der Waals surface area (Å²) in [5, 5.41) is 21.0. The molecular formula is C19H18N4O3S. The SMILES string of the molecule is CN=Nc1c(C(=O)Nc2ccc(C(C)=O)cc2)sc2nc(C)cc(CO)c12. The molecular weight excluding hydrogens is 364 g/mol.